The van der Waals surface area contributed by atoms with Crippen LogP contribution in [0.25, 0.3) is 0 Å². The summed E-state index contributed by atoms with van der Waals surface area (Å²) in [6, 6.07) is 0.134. The first-order valence-electron chi connectivity index (χ1n) is 7.18. The Hall–Kier alpha value is -0.610. The van der Waals surface area contributed by atoms with Crippen molar-refractivity contribution in [3.05, 3.63) is 0 Å². The first kappa shape index (κ1) is 15.4. The smallest absolute Gasteiger partial charge is 0.244 e. The zero-order chi connectivity index (χ0) is 13.8. The molecule has 0 spiro atoms. The van der Waals surface area contributed by atoms with Crippen LogP contribution in [0.3, 0.4) is 0 Å². The van der Waals surface area contributed by atoms with E-state index in [4.69, 9.17) is 4.74 Å². The lowest BCUT2D eigenvalue weighted by molar-refractivity contribution is -0.136. The van der Waals surface area contributed by atoms with E-state index >= 15 is 0 Å². The number of hydrogen-bond acceptors (Lipinski definition) is 3. The zero-order valence-corrected chi connectivity index (χ0v) is 12.5. The van der Waals surface area contributed by atoms with Crippen molar-refractivity contribution < 1.29 is 9.53 Å². The molecule has 4 heteroatoms. The van der Waals surface area contributed by atoms with Crippen LogP contribution in [-0.4, -0.2) is 41.8 Å². The molecule has 18 heavy (non-hydrogen) atoms. The van der Waals surface area contributed by atoms with Crippen molar-refractivity contribution >= 4 is 5.91 Å². The van der Waals surface area contributed by atoms with Crippen molar-refractivity contribution in [1.29, 1.82) is 0 Å². The molecule has 1 rings (SSSR count). The second-order valence-electron chi connectivity index (χ2n) is 5.36. The Morgan fingerprint density at radius 3 is 2.61 bits per heavy atom. The maximum atomic E-state index is 12.6. The zero-order valence-electron chi connectivity index (χ0n) is 12.5. The number of rotatable bonds is 7. The maximum absolute atomic E-state index is 12.6. The van der Waals surface area contributed by atoms with Gasteiger partial charge in [0.15, 0.2) is 0 Å². The molecule has 4 nitrogen and oxygen atoms in total. The van der Waals surface area contributed by atoms with Gasteiger partial charge in [-0.2, -0.15) is 0 Å². The summed E-state index contributed by atoms with van der Waals surface area (Å²) >= 11 is 0. The third-order valence-electron chi connectivity index (χ3n) is 3.83. The van der Waals surface area contributed by atoms with Gasteiger partial charge in [0.25, 0.3) is 0 Å². The number of nitrogens with zero attached hydrogens (tertiary/aromatic N) is 1. The number of nitrogens with one attached hydrogen (secondary N) is 1. The Kier molecular flexibility index (Phi) is 5.60. The van der Waals surface area contributed by atoms with Crippen molar-refractivity contribution in [2.75, 3.05) is 13.2 Å². The molecule has 3 atom stereocenters. The molecule has 0 aromatic rings. The van der Waals surface area contributed by atoms with Crippen molar-refractivity contribution in [2.24, 2.45) is 0 Å². The summed E-state index contributed by atoms with van der Waals surface area (Å²) < 4.78 is 5.46. The summed E-state index contributed by atoms with van der Waals surface area (Å²) in [5, 5.41) is 3.50. The first-order valence-corrected chi connectivity index (χ1v) is 7.18. The predicted octanol–water partition coefficient (Wildman–Crippen LogP) is 2.14. The van der Waals surface area contributed by atoms with Crippen LogP contribution in [0.15, 0.2) is 0 Å². The highest BCUT2D eigenvalue weighted by Crippen LogP contribution is 2.27. The summed E-state index contributed by atoms with van der Waals surface area (Å²) in [4.78, 5) is 14.5. The lowest BCUT2D eigenvalue weighted by Crippen LogP contribution is -2.45. The van der Waals surface area contributed by atoms with Gasteiger partial charge in [-0.3, -0.25) is 10.1 Å². The fraction of sp³-hybridized carbons (Fsp3) is 0.929. The third kappa shape index (κ3) is 3.04. The van der Waals surface area contributed by atoms with Crippen molar-refractivity contribution in [2.45, 2.75) is 71.6 Å². The number of carbonyl (C=O) groups excluding carboxylic acids is 1. The fourth-order valence-corrected chi connectivity index (χ4v) is 2.54. The third-order valence-corrected chi connectivity index (χ3v) is 3.83. The molecule has 1 saturated heterocycles. The van der Waals surface area contributed by atoms with E-state index in [1.165, 1.54) is 0 Å². The highest BCUT2D eigenvalue weighted by atomic mass is 16.5. The molecule has 1 heterocycles. The largest absolute Gasteiger partial charge is 0.380 e. The summed E-state index contributed by atoms with van der Waals surface area (Å²) in [5.74, 6) is 0.218. The maximum Gasteiger partial charge on any atom is 0.244 e. The molecule has 0 bridgehead atoms. The van der Waals surface area contributed by atoms with Crippen LogP contribution in [-0.2, 0) is 9.53 Å². The minimum Gasteiger partial charge on any atom is -0.380 e. The van der Waals surface area contributed by atoms with Crippen LogP contribution < -0.4 is 5.32 Å². The second-order valence-corrected chi connectivity index (χ2v) is 5.36. The van der Waals surface area contributed by atoms with Crippen LogP contribution in [0.2, 0.25) is 0 Å². The second kappa shape index (κ2) is 6.53. The molecule has 0 aromatic heterocycles. The van der Waals surface area contributed by atoms with Gasteiger partial charge in [0.1, 0.15) is 0 Å². The molecule has 1 aliphatic rings. The van der Waals surface area contributed by atoms with Crippen molar-refractivity contribution in [1.82, 2.24) is 10.2 Å². The lowest BCUT2D eigenvalue weighted by atomic mass is 9.99. The summed E-state index contributed by atoms with van der Waals surface area (Å²) in [6.07, 6.45) is 3.05. The van der Waals surface area contributed by atoms with Gasteiger partial charge in [-0.1, -0.05) is 20.3 Å². The Morgan fingerprint density at radius 2 is 2.11 bits per heavy atom. The Labute approximate surface area is 111 Å². The van der Waals surface area contributed by atoms with Crippen molar-refractivity contribution in [3.63, 3.8) is 0 Å². The van der Waals surface area contributed by atoms with Crippen molar-refractivity contribution in [3.8, 4) is 0 Å². The van der Waals surface area contributed by atoms with Gasteiger partial charge in [0, 0.05) is 6.61 Å². The van der Waals surface area contributed by atoms with Gasteiger partial charge < -0.3 is 9.64 Å². The van der Waals surface area contributed by atoms with E-state index < -0.39 is 5.54 Å². The van der Waals surface area contributed by atoms with E-state index in [9.17, 15) is 4.79 Å². The van der Waals surface area contributed by atoms with Crippen LogP contribution in [0.4, 0.5) is 0 Å². The normalized spacial score (nSPS) is 29.9. The van der Waals surface area contributed by atoms with Crippen LogP contribution in [0.1, 0.15) is 53.9 Å². The number of amides is 1. The molecule has 1 aliphatic heterocycles. The minimum atomic E-state index is -0.402. The van der Waals surface area contributed by atoms with E-state index in [0.29, 0.717) is 13.2 Å². The first-order chi connectivity index (χ1) is 8.50. The highest BCUT2D eigenvalue weighted by molar-refractivity contribution is 5.88. The summed E-state index contributed by atoms with van der Waals surface area (Å²) in [7, 11) is 0. The fourth-order valence-electron chi connectivity index (χ4n) is 2.54. The van der Waals surface area contributed by atoms with E-state index in [1.54, 1.807) is 0 Å². The molecule has 106 valence electrons. The molecule has 3 unspecified atom stereocenters. The molecular formula is C14H28N2O2. The van der Waals surface area contributed by atoms with Crippen LogP contribution >= 0.6 is 0 Å². The number of hydrogen-bond donors (Lipinski definition) is 1. The molecule has 0 radical (unpaired) electrons. The molecular weight excluding hydrogens is 228 g/mol. The van der Waals surface area contributed by atoms with E-state index in [2.05, 4.69) is 26.1 Å². The van der Waals surface area contributed by atoms with Crippen LogP contribution in [0.5, 0.6) is 0 Å². The van der Waals surface area contributed by atoms with Gasteiger partial charge >= 0.3 is 0 Å². The Balaban J connectivity index is 2.80. The van der Waals surface area contributed by atoms with Gasteiger partial charge in [0.05, 0.1) is 24.4 Å². The Bertz CT molecular complexity index is 283. The average molecular weight is 256 g/mol. The monoisotopic (exact) mass is 256 g/mol. The van der Waals surface area contributed by atoms with E-state index in [-0.39, 0.29) is 18.1 Å². The molecule has 0 aromatic carbocycles. The standard InChI is InChI=1S/C14H28N2O2/c1-6-9-12-15-14(5,7-2)13(17)16(12)11(4)10-18-8-3/h11-12,15H,6-10H2,1-5H3. The number of carbonyl (C=O) groups is 1. The SMILES string of the molecule is CCCC1NC(C)(CC)C(=O)N1C(C)COCC. The summed E-state index contributed by atoms with van der Waals surface area (Å²) in [5.41, 5.74) is -0.402. The van der Waals surface area contributed by atoms with E-state index in [1.807, 2.05) is 18.7 Å². The molecule has 1 N–H and O–H groups in total. The molecule has 0 saturated carbocycles. The van der Waals surface area contributed by atoms with Gasteiger partial charge in [-0.05, 0) is 33.6 Å². The van der Waals surface area contributed by atoms with E-state index in [0.717, 1.165) is 19.3 Å². The van der Waals surface area contributed by atoms with Gasteiger partial charge in [-0.25, -0.2) is 0 Å². The van der Waals surface area contributed by atoms with Gasteiger partial charge in [0.2, 0.25) is 5.91 Å². The quantitative estimate of drug-likeness (QED) is 0.759. The predicted molar refractivity (Wildman–Crippen MR) is 73.3 cm³/mol. The molecule has 1 fully saturated rings. The topological polar surface area (TPSA) is 41.6 Å². The molecule has 1 amide bonds. The minimum absolute atomic E-state index is 0.134. The lowest BCUT2D eigenvalue weighted by Gasteiger charge is -2.30. The summed E-state index contributed by atoms with van der Waals surface area (Å²) in [6.45, 7) is 11.6. The van der Waals surface area contributed by atoms with Gasteiger partial charge in [-0.15, -0.1) is 0 Å². The molecule has 0 aliphatic carbocycles. The Morgan fingerprint density at radius 1 is 1.44 bits per heavy atom. The average Bonchev–Trinajstić information content (AvgIpc) is 2.60. The van der Waals surface area contributed by atoms with Crippen LogP contribution in [0, 0.1) is 0 Å². The number of ether oxygens (including phenoxy) is 1. The highest BCUT2D eigenvalue weighted by Gasteiger charge is 2.47.